The van der Waals surface area contributed by atoms with Gasteiger partial charge in [0, 0.05) is 43.4 Å². The van der Waals surface area contributed by atoms with Gasteiger partial charge in [0.25, 0.3) is 0 Å². The molecule has 0 spiro atoms. The predicted octanol–water partition coefficient (Wildman–Crippen LogP) is 1.76. The van der Waals surface area contributed by atoms with Crippen LogP contribution in [0.25, 0.3) is 0 Å². The molecule has 2 aliphatic rings. The molecule has 0 radical (unpaired) electrons. The summed E-state index contributed by atoms with van der Waals surface area (Å²) in [5.41, 5.74) is 1.66. The molecule has 1 aromatic carbocycles. The van der Waals surface area contributed by atoms with Crippen molar-refractivity contribution < 1.29 is 14.3 Å². The molecule has 0 bridgehead atoms. The second-order valence-electron chi connectivity index (χ2n) is 6.75. The first-order chi connectivity index (χ1) is 13.0. The summed E-state index contributed by atoms with van der Waals surface area (Å²) in [5, 5.41) is 6.12. The summed E-state index contributed by atoms with van der Waals surface area (Å²) in [6.45, 7) is 6.14. The van der Waals surface area contributed by atoms with E-state index in [0.29, 0.717) is 28.4 Å². The standard InChI is InChI=1S/C19H25ClN4O3/c1-3-27-18(25)16-15(12-24-10-8-23(2)9-11-24)21-19(26)22-17(16)13-6-4-5-7-14(13)20/h4-7,17H,3,8-12H2,1-2H3,(H2,21,22,26)/t17-/m1/s1. The average molecular weight is 393 g/mol. The summed E-state index contributed by atoms with van der Waals surface area (Å²) >= 11 is 6.35. The number of likely N-dealkylation sites (N-methyl/N-ethyl adjacent to an activating group) is 1. The lowest BCUT2D eigenvalue weighted by Crippen LogP contribution is -2.51. The van der Waals surface area contributed by atoms with Crippen LogP contribution in [0.15, 0.2) is 35.5 Å². The van der Waals surface area contributed by atoms with Gasteiger partial charge in [0.2, 0.25) is 0 Å². The van der Waals surface area contributed by atoms with Crippen molar-refractivity contribution in [2.45, 2.75) is 13.0 Å². The summed E-state index contributed by atoms with van der Waals surface area (Å²) in [6.07, 6.45) is 0. The van der Waals surface area contributed by atoms with Gasteiger partial charge in [-0.15, -0.1) is 0 Å². The Bertz CT molecular complexity index is 744. The molecule has 1 fully saturated rings. The van der Waals surface area contributed by atoms with Gasteiger partial charge < -0.3 is 20.3 Å². The van der Waals surface area contributed by atoms with Crippen molar-refractivity contribution in [2.24, 2.45) is 0 Å². The number of ether oxygens (including phenoxy) is 1. The highest BCUT2D eigenvalue weighted by Crippen LogP contribution is 2.32. The third-order valence-corrected chi connectivity index (χ3v) is 5.19. The number of benzene rings is 1. The van der Waals surface area contributed by atoms with Crippen molar-refractivity contribution in [3.63, 3.8) is 0 Å². The second-order valence-corrected chi connectivity index (χ2v) is 7.15. The van der Waals surface area contributed by atoms with Gasteiger partial charge in [0.05, 0.1) is 18.2 Å². The highest BCUT2D eigenvalue weighted by molar-refractivity contribution is 6.31. The third kappa shape index (κ3) is 4.61. The third-order valence-electron chi connectivity index (χ3n) is 4.84. The molecular formula is C19H25ClN4O3. The lowest BCUT2D eigenvalue weighted by molar-refractivity contribution is -0.139. The van der Waals surface area contributed by atoms with Crippen molar-refractivity contribution in [3.8, 4) is 0 Å². The summed E-state index contributed by atoms with van der Waals surface area (Å²) in [5.74, 6) is -0.445. The number of urea groups is 1. The molecule has 0 aliphatic carbocycles. The van der Waals surface area contributed by atoms with E-state index < -0.39 is 12.0 Å². The number of esters is 1. The molecule has 3 rings (SSSR count). The van der Waals surface area contributed by atoms with Gasteiger partial charge >= 0.3 is 12.0 Å². The first-order valence-corrected chi connectivity index (χ1v) is 9.50. The van der Waals surface area contributed by atoms with Gasteiger partial charge in [0.15, 0.2) is 0 Å². The van der Waals surface area contributed by atoms with Crippen molar-refractivity contribution in [3.05, 3.63) is 46.1 Å². The van der Waals surface area contributed by atoms with E-state index in [2.05, 4.69) is 27.5 Å². The number of amides is 2. The van der Waals surface area contributed by atoms with Crippen LogP contribution in [0.1, 0.15) is 18.5 Å². The molecule has 146 valence electrons. The van der Waals surface area contributed by atoms with E-state index >= 15 is 0 Å². The van der Waals surface area contributed by atoms with Gasteiger partial charge in [-0.3, -0.25) is 4.90 Å². The number of nitrogens with zero attached hydrogens (tertiary/aromatic N) is 2. The molecule has 0 aromatic heterocycles. The Labute approximate surface area is 164 Å². The number of carbonyl (C=O) groups is 2. The minimum absolute atomic E-state index is 0.257. The van der Waals surface area contributed by atoms with Crippen LogP contribution in [0.2, 0.25) is 5.02 Å². The number of carbonyl (C=O) groups excluding carboxylic acids is 2. The first kappa shape index (κ1) is 19.7. The summed E-state index contributed by atoms with van der Waals surface area (Å²) in [4.78, 5) is 29.6. The van der Waals surface area contributed by atoms with Gasteiger partial charge in [-0.2, -0.15) is 0 Å². The van der Waals surface area contributed by atoms with Gasteiger partial charge in [-0.25, -0.2) is 9.59 Å². The number of rotatable bonds is 5. The number of piperazine rings is 1. The Morgan fingerprint density at radius 3 is 2.63 bits per heavy atom. The van der Waals surface area contributed by atoms with Crippen LogP contribution in [-0.2, 0) is 9.53 Å². The Hall–Kier alpha value is -2.09. The lowest BCUT2D eigenvalue weighted by atomic mass is 9.95. The van der Waals surface area contributed by atoms with Crippen molar-refractivity contribution in [1.82, 2.24) is 20.4 Å². The molecule has 2 amide bonds. The zero-order valence-electron chi connectivity index (χ0n) is 15.6. The van der Waals surface area contributed by atoms with Crippen LogP contribution in [0.3, 0.4) is 0 Å². The Balaban J connectivity index is 1.97. The summed E-state index contributed by atoms with van der Waals surface area (Å²) < 4.78 is 5.29. The molecule has 1 aromatic rings. The van der Waals surface area contributed by atoms with Crippen LogP contribution < -0.4 is 10.6 Å². The molecule has 2 N–H and O–H groups in total. The molecule has 1 atom stereocenters. The number of hydrogen-bond donors (Lipinski definition) is 2. The zero-order chi connectivity index (χ0) is 19.4. The molecule has 2 heterocycles. The SMILES string of the molecule is CCOC(=O)C1=C(CN2CCN(C)CC2)NC(=O)N[C@@H]1c1ccccc1Cl. The fourth-order valence-electron chi connectivity index (χ4n) is 3.36. The highest BCUT2D eigenvalue weighted by atomic mass is 35.5. The highest BCUT2D eigenvalue weighted by Gasteiger charge is 2.35. The summed E-state index contributed by atoms with van der Waals surface area (Å²) in [6, 6.07) is 6.21. The average Bonchev–Trinajstić information content (AvgIpc) is 2.63. The van der Waals surface area contributed by atoms with Gasteiger partial charge in [-0.1, -0.05) is 29.8 Å². The van der Waals surface area contributed by atoms with Crippen LogP contribution in [0.4, 0.5) is 4.79 Å². The van der Waals surface area contributed by atoms with Gasteiger partial charge in [-0.05, 0) is 25.6 Å². The summed E-state index contributed by atoms with van der Waals surface area (Å²) in [7, 11) is 2.08. The second kappa shape index (κ2) is 8.73. The smallest absolute Gasteiger partial charge is 0.338 e. The van der Waals surface area contributed by atoms with E-state index in [4.69, 9.17) is 16.3 Å². The minimum Gasteiger partial charge on any atom is -0.463 e. The van der Waals surface area contributed by atoms with E-state index in [1.54, 1.807) is 13.0 Å². The fourth-order valence-corrected chi connectivity index (χ4v) is 3.61. The lowest BCUT2D eigenvalue weighted by Gasteiger charge is -2.35. The Morgan fingerprint density at radius 1 is 1.26 bits per heavy atom. The maximum atomic E-state index is 12.8. The maximum absolute atomic E-state index is 12.8. The number of hydrogen-bond acceptors (Lipinski definition) is 5. The van der Waals surface area contributed by atoms with Crippen LogP contribution in [0.5, 0.6) is 0 Å². The van der Waals surface area contributed by atoms with Crippen molar-refractivity contribution >= 4 is 23.6 Å². The molecule has 27 heavy (non-hydrogen) atoms. The topological polar surface area (TPSA) is 73.9 Å². The largest absolute Gasteiger partial charge is 0.463 e. The minimum atomic E-state index is -0.644. The first-order valence-electron chi connectivity index (χ1n) is 9.12. The van der Waals surface area contributed by atoms with E-state index in [1.165, 1.54) is 0 Å². The predicted molar refractivity (Wildman–Crippen MR) is 103 cm³/mol. The fraction of sp³-hybridized carbons (Fsp3) is 0.474. The van der Waals surface area contributed by atoms with Crippen LogP contribution >= 0.6 is 11.6 Å². The molecule has 0 unspecified atom stereocenters. The number of halogens is 1. The molecule has 7 nitrogen and oxygen atoms in total. The van der Waals surface area contributed by atoms with E-state index in [1.807, 2.05) is 18.2 Å². The molecule has 2 aliphatic heterocycles. The number of nitrogens with one attached hydrogen (secondary N) is 2. The van der Waals surface area contributed by atoms with Crippen molar-refractivity contribution in [2.75, 3.05) is 46.4 Å². The van der Waals surface area contributed by atoms with E-state index in [9.17, 15) is 9.59 Å². The zero-order valence-corrected chi connectivity index (χ0v) is 16.4. The molecule has 1 saturated heterocycles. The normalized spacial score (nSPS) is 21.6. The Kier molecular flexibility index (Phi) is 6.36. The maximum Gasteiger partial charge on any atom is 0.338 e. The quantitative estimate of drug-likeness (QED) is 0.747. The van der Waals surface area contributed by atoms with E-state index in [0.717, 1.165) is 26.2 Å². The molecular weight excluding hydrogens is 368 g/mol. The molecule has 0 saturated carbocycles. The van der Waals surface area contributed by atoms with Crippen molar-refractivity contribution in [1.29, 1.82) is 0 Å². The monoisotopic (exact) mass is 392 g/mol. The Morgan fingerprint density at radius 2 is 1.96 bits per heavy atom. The van der Waals surface area contributed by atoms with E-state index in [-0.39, 0.29) is 12.6 Å². The van der Waals surface area contributed by atoms with Crippen LogP contribution in [-0.4, -0.2) is 68.2 Å². The van der Waals surface area contributed by atoms with Crippen LogP contribution in [0, 0.1) is 0 Å². The van der Waals surface area contributed by atoms with Gasteiger partial charge in [0.1, 0.15) is 0 Å². The molecule has 8 heteroatoms.